The molecule has 3 aromatic rings. The molecule has 0 bridgehead atoms. The van der Waals surface area contributed by atoms with Crippen LogP contribution in [0.4, 0.5) is 11.5 Å². The molecule has 33 heavy (non-hydrogen) atoms. The van der Waals surface area contributed by atoms with E-state index in [4.69, 9.17) is 14.2 Å². The molecule has 1 saturated heterocycles. The highest BCUT2D eigenvalue weighted by molar-refractivity contribution is 5.94. The zero-order chi connectivity index (χ0) is 23.0. The number of morpholine rings is 1. The Labute approximate surface area is 193 Å². The van der Waals surface area contributed by atoms with Crippen LogP contribution >= 0.6 is 0 Å². The zero-order valence-corrected chi connectivity index (χ0v) is 18.9. The smallest absolute Gasteiger partial charge is 0.265 e. The molecule has 1 unspecified atom stereocenters. The van der Waals surface area contributed by atoms with Crippen LogP contribution in [0.5, 0.6) is 11.5 Å². The van der Waals surface area contributed by atoms with Crippen molar-refractivity contribution in [3.63, 3.8) is 0 Å². The molecule has 1 aliphatic heterocycles. The average Bonchev–Trinajstić information content (AvgIpc) is 2.86. The second-order valence-corrected chi connectivity index (χ2v) is 7.61. The van der Waals surface area contributed by atoms with Crippen molar-refractivity contribution < 1.29 is 19.0 Å². The third kappa shape index (κ3) is 5.98. The van der Waals surface area contributed by atoms with Gasteiger partial charge in [-0.1, -0.05) is 12.1 Å². The van der Waals surface area contributed by atoms with Gasteiger partial charge in [-0.05, 0) is 62.4 Å². The Morgan fingerprint density at radius 1 is 1.00 bits per heavy atom. The van der Waals surface area contributed by atoms with Gasteiger partial charge >= 0.3 is 0 Å². The molecule has 2 aromatic carbocycles. The van der Waals surface area contributed by atoms with Crippen molar-refractivity contribution in [3.05, 3.63) is 60.7 Å². The molecule has 2 heterocycles. The van der Waals surface area contributed by atoms with Crippen molar-refractivity contribution in [2.75, 3.05) is 43.1 Å². The van der Waals surface area contributed by atoms with E-state index in [1.54, 1.807) is 19.1 Å². The summed E-state index contributed by atoms with van der Waals surface area (Å²) in [6.07, 6.45) is -0.652. The zero-order valence-electron chi connectivity index (χ0n) is 18.9. The molecule has 4 rings (SSSR count). The first-order chi connectivity index (χ1) is 16.1. The van der Waals surface area contributed by atoms with Gasteiger partial charge in [-0.25, -0.2) is 0 Å². The Kier molecular flexibility index (Phi) is 7.36. The third-order valence-electron chi connectivity index (χ3n) is 5.25. The number of anilines is 2. The molecule has 172 valence electrons. The van der Waals surface area contributed by atoms with E-state index in [-0.39, 0.29) is 5.91 Å². The SMILES string of the molecule is CCOc1ccc(OC(C)C(=O)Nc2ccc(-c3ccc(N4CCOCC4)nn3)cc2)cc1. The summed E-state index contributed by atoms with van der Waals surface area (Å²) in [7, 11) is 0. The van der Waals surface area contributed by atoms with E-state index in [2.05, 4.69) is 20.4 Å². The van der Waals surface area contributed by atoms with Gasteiger partial charge in [-0.15, -0.1) is 10.2 Å². The van der Waals surface area contributed by atoms with Crippen LogP contribution in [0.1, 0.15) is 13.8 Å². The Balaban J connectivity index is 1.32. The summed E-state index contributed by atoms with van der Waals surface area (Å²) in [4.78, 5) is 14.7. The lowest BCUT2D eigenvalue weighted by molar-refractivity contribution is -0.122. The summed E-state index contributed by atoms with van der Waals surface area (Å²) >= 11 is 0. The van der Waals surface area contributed by atoms with Gasteiger partial charge in [0.05, 0.1) is 25.5 Å². The molecule has 1 aromatic heterocycles. The molecular weight excluding hydrogens is 420 g/mol. The van der Waals surface area contributed by atoms with Crippen LogP contribution in [0.25, 0.3) is 11.3 Å². The van der Waals surface area contributed by atoms with Crippen LogP contribution in [-0.2, 0) is 9.53 Å². The summed E-state index contributed by atoms with van der Waals surface area (Å²) in [5.74, 6) is 2.00. The van der Waals surface area contributed by atoms with Crippen molar-refractivity contribution >= 4 is 17.4 Å². The van der Waals surface area contributed by atoms with Gasteiger partial charge in [0.25, 0.3) is 5.91 Å². The van der Waals surface area contributed by atoms with E-state index < -0.39 is 6.10 Å². The number of rotatable bonds is 8. The lowest BCUT2D eigenvalue weighted by Gasteiger charge is -2.27. The molecule has 1 aliphatic rings. The third-order valence-corrected chi connectivity index (χ3v) is 5.25. The first-order valence-electron chi connectivity index (χ1n) is 11.1. The fraction of sp³-hybridized carbons (Fsp3) is 0.320. The standard InChI is InChI=1S/C25H28N4O4/c1-3-32-21-8-10-22(11-9-21)33-18(2)25(30)26-20-6-4-19(5-7-20)23-12-13-24(28-27-23)29-14-16-31-17-15-29/h4-13,18H,3,14-17H2,1-2H3,(H,26,30). The molecular formula is C25H28N4O4. The Morgan fingerprint density at radius 2 is 1.70 bits per heavy atom. The normalized spacial score (nSPS) is 14.4. The Hall–Kier alpha value is -3.65. The summed E-state index contributed by atoms with van der Waals surface area (Å²) in [5.41, 5.74) is 2.38. The minimum Gasteiger partial charge on any atom is -0.494 e. The van der Waals surface area contributed by atoms with E-state index in [0.717, 1.165) is 35.9 Å². The quantitative estimate of drug-likeness (QED) is 0.561. The number of hydrogen-bond donors (Lipinski definition) is 1. The van der Waals surface area contributed by atoms with Crippen molar-refractivity contribution in [3.8, 4) is 22.8 Å². The largest absolute Gasteiger partial charge is 0.494 e. The Bertz CT molecular complexity index is 1030. The highest BCUT2D eigenvalue weighted by Gasteiger charge is 2.16. The van der Waals surface area contributed by atoms with Gasteiger partial charge in [0, 0.05) is 24.3 Å². The molecule has 1 fully saturated rings. The predicted octanol–water partition coefficient (Wildman–Crippen LogP) is 3.78. The fourth-order valence-electron chi connectivity index (χ4n) is 3.45. The highest BCUT2D eigenvalue weighted by atomic mass is 16.5. The number of hydrogen-bond acceptors (Lipinski definition) is 7. The summed E-state index contributed by atoms with van der Waals surface area (Å²) in [5, 5.41) is 11.6. The molecule has 0 saturated carbocycles. The predicted molar refractivity (Wildman–Crippen MR) is 127 cm³/mol. The number of amides is 1. The number of nitrogens with one attached hydrogen (secondary N) is 1. The average molecular weight is 449 g/mol. The molecule has 0 radical (unpaired) electrons. The number of carbonyl (C=O) groups excluding carboxylic acids is 1. The molecule has 0 aliphatic carbocycles. The first-order valence-corrected chi connectivity index (χ1v) is 11.1. The van der Waals surface area contributed by atoms with Gasteiger partial charge in [-0.3, -0.25) is 4.79 Å². The van der Waals surface area contributed by atoms with E-state index in [0.29, 0.717) is 31.3 Å². The number of ether oxygens (including phenoxy) is 3. The summed E-state index contributed by atoms with van der Waals surface area (Å²) < 4.78 is 16.5. The molecule has 1 amide bonds. The van der Waals surface area contributed by atoms with Gasteiger partial charge in [-0.2, -0.15) is 0 Å². The van der Waals surface area contributed by atoms with Crippen LogP contribution in [0.2, 0.25) is 0 Å². The van der Waals surface area contributed by atoms with Crippen LogP contribution < -0.4 is 19.7 Å². The number of nitrogens with zero attached hydrogens (tertiary/aromatic N) is 3. The van der Waals surface area contributed by atoms with Crippen molar-refractivity contribution in [2.24, 2.45) is 0 Å². The van der Waals surface area contributed by atoms with Crippen LogP contribution in [-0.4, -0.2) is 55.1 Å². The molecule has 8 nitrogen and oxygen atoms in total. The van der Waals surface area contributed by atoms with Crippen LogP contribution in [0.15, 0.2) is 60.7 Å². The lowest BCUT2D eigenvalue weighted by atomic mass is 10.1. The first kappa shape index (κ1) is 22.5. The molecule has 1 atom stereocenters. The number of benzene rings is 2. The molecule has 8 heteroatoms. The fourth-order valence-corrected chi connectivity index (χ4v) is 3.45. The van der Waals surface area contributed by atoms with Crippen molar-refractivity contribution in [2.45, 2.75) is 20.0 Å². The van der Waals surface area contributed by atoms with Gasteiger partial charge in [0.2, 0.25) is 0 Å². The monoisotopic (exact) mass is 448 g/mol. The Morgan fingerprint density at radius 3 is 2.33 bits per heavy atom. The summed E-state index contributed by atoms with van der Waals surface area (Å²) in [6, 6.07) is 18.6. The van der Waals surface area contributed by atoms with E-state index >= 15 is 0 Å². The minimum atomic E-state index is -0.652. The molecule has 0 spiro atoms. The lowest BCUT2D eigenvalue weighted by Crippen LogP contribution is -2.36. The van der Waals surface area contributed by atoms with Gasteiger partial charge in [0.15, 0.2) is 11.9 Å². The highest BCUT2D eigenvalue weighted by Crippen LogP contribution is 2.22. The van der Waals surface area contributed by atoms with Crippen LogP contribution in [0, 0.1) is 0 Å². The van der Waals surface area contributed by atoms with Crippen LogP contribution in [0.3, 0.4) is 0 Å². The van der Waals surface area contributed by atoms with E-state index in [9.17, 15) is 4.79 Å². The maximum Gasteiger partial charge on any atom is 0.265 e. The number of aromatic nitrogens is 2. The maximum absolute atomic E-state index is 12.5. The maximum atomic E-state index is 12.5. The number of carbonyl (C=O) groups is 1. The summed E-state index contributed by atoms with van der Waals surface area (Å²) in [6.45, 7) is 7.31. The molecule has 1 N–H and O–H groups in total. The topological polar surface area (TPSA) is 85.8 Å². The van der Waals surface area contributed by atoms with Gasteiger partial charge in [0.1, 0.15) is 11.5 Å². The minimum absolute atomic E-state index is 0.230. The van der Waals surface area contributed by atoms with E-state index in [1.807, 2.05) is 55.5 Å². The van der Waals surface area contributed by atoms with E-state index in [1.165, 1.54) is 0 Å². The second kappa shape index (κ2) is 10.8. The van der Waals surface area contributed by atoms with Gasteiger partial charge < -0.3 is 24.4 Å². The second-order valence-electron chi connectivity index (χ2n) is 7.61. The van der Waals surface area contributed by atoms with Crippen molar-refractivity contribution in [1.29, 1.82) is 0 Å². The van der Waals surface area contributed by atoms with Crippen molar-refractivity contribution in [1.82, 2.24) is 10.2 Å².